The van der Waals surface area contributed by atoms with Gasteiger partial charge >= 0.3 is 0 Å². The highest BCUT2D eigenvalue weighted by molar-refractivity contribution is 7.90. The van der Waals surface area contributed by atoms with Crippen molar-refractivity contribution in [3.05, 3.63) is 58.6 Å². The lowest BCUT2D eigenvalue weighted by Crippen LogP contribution is -2.19. The zero-order chi connectivity index (χ0) is 17.0. The molecule has 0 saturated carbocycles. The van der Waals surface area contributed by atoms with Crippen LogP contribution in [0.5, 0.6) is 0 Å². The summed E-state index contributed by atoms with van der Waals surface area (Å²) in [6, 6.07) is 12.0. The molecule has 0 unspecified atom stereocenters. The van der Waals surface area contributed by atoms with E-state index in [1.807, 2.05) is 0 Å². The first-order valence-electron chi connectivity index (χ1n) is 6.38. The van der Waals surface area contributed by atoms with Crippen LogP contribution in [0, 0.1) is 10.1 Å². The average molecular weight is 351 g/mol. The van der Waals surface area contributed by atoms with Gasteiger partial charge in [-0.25, -0.2) is 8.42 Å². The number of nitro benzene ring substituents is 1. The van der Waals surface area contributed by atoms with Crippen LogP contribution in [-0.2, 0) is 9.84 Å². The number of thiocarbonyl (C=S) groups is 1. The Kier molecular flexibility index (Phi) is 4.92. The van der Waals surface area contributed by atoms with Crippen LogP contribution < -0.4 is 10.6 Å². The minimum absolute atomic E-state index is 0.00853. The van der Waals surface area contributed by atoms with E-state index in [1.165, 1.54) is 24.3 Å². The lowest BCUT2D eigenvalue weighted by molar-refractivity contribution is -0.384. The van der Waals surface area contributed by atoms with Gasteiger partial charge in [0.15, 0.2) is 14.9 Å². The Balaban J connectivity index is 2.00. The second-order valence-electron chi connectivity index (χ2n) is 4.68. The fourth-order valence-electron chi connectivity index (χ4n) is 1.75. The second kappa shape index (κ2) is 6.71. The number of hydrogen-bond donors (Lipinski definition) is 2. The van der Waals surface area contributed by atoms with Crippen molar-refractivity contribution in [2.45, 2.75) is 4.90 Å². The normalized spacial score (nSPS) is 10.8. The van der Waals surface area contributed by atoms with E-state index in [4.69, 9.17) is 12.2 Å². The van der Waals surface area contributed by atoms with Gasteiger partial charge in [0, 0.05) is 29.8 Å². The van der Waals surface area contributed by atoms with Gasteiger partial charge in [-0.2, -0.15) is 0 Å². The third kappa shape index (κ3) is 4.73. The number of rotatable bonds is 4. The molecule has 0 aliphatic carbocycles. The van der Waals surface area contributed by atoms with Gasteiger partial charge in [-0.3, -0.25) is 10.1 Å². The summed E-state index contributed by atoms with van der Waals surface area (Å²) in [4.78, 5) is 10.3. The summed E-state index contributed by atoms with van der Waals surface area (Å²) < 4.78 is 22.8. The lowest BCUT2D eigenvalue weighted by Gasteiger charge is -2.10. The number of nitro groups is 1. The Morgan fingerprint density at radius 3 is 1.83 bits per heavy atom. The Bertz CT molecular complexity index is 831. The fourth-order valence-corrected chi connectivity index (χ4v) is 2.61. The Hall–Kier alpha value is -2.52. The molecule has 0 atom stereocenters. The SMILES string of the molecule is CS(=O)(=O)c1ccc(NC(=S)Nc2ccc([N+](=O)[O-])cc2)cc1. The molecular formula is C14H13N3O4S2. The summed E-state index contributed by atoms with van der Waals surface area (Å²) in [6.45, 7) is 0. The molecule has 0 radical (unpaired) electrons. The van der Waals surface area contributed by atoms with Crippen molar-refractivity contribution in [3.8, 4) is 0 Å². The highest BCUT2D eigenvalue weighted by atomic mass is 32.2. The summed E-state index contributed by atoms with van der Waals surface area (Å²) in [7, 11) is -3.24. The molecule has 2 N–H and O–H groups in total. The second-order valence-corrected chi connectivity index (χ2v) is 7.10. The molecule has 0 saturated heterocycles. The molecule has 23 heavy (non-hydrogen) atoms. The smallest absolute Gasteiger partial charge is 0.269 e. The number of hydrogen-bond acceptors (Lipinski definition) is 5. The van der Waals surface area contributed by atoms with Crippen LogP contribution >= 0.6 is 12.2 Å². The molecule has 2 rings (SSSR count). The standard InChI is InChI=1S/C14H13N3O4S2/c1-23(20,21)13-8-4-11(5-9-13)16-14(22)15-10-2-6-12(7-3-10)17(18)19/h2-9H,1H3,(H2,15,16,22). The quantitative estimate of drug-likeness (QED) is 0.496. The van der Waals surface area contributed by atoms with Crippen LogP contribution in [-0.4, -0.2) is 24.7 Å². The maximum absolute atomic E-state index is 11.4. The predicted molar refractivity (Wildman–Crippen MR) is 92.5 cm³/mol. The summed E-state index contributed by atoms with van der Waals surface area (Å²) in [6.07, 6.45) is 1.14. The van der Waals surface area contributed by atoms with Crippen molar-refractivity contribution < 1.29 is 13.3 Å². The third-order valence-corrected chi connectivity index (χ3v) is 4.21. The lowest BCUT2D eigenvalue weighted by atomic mass is 10.3. The van der Waals surface area contributed by atoms with E-state index in [9.17, 15) is 18.5 Å². The van der Waals surface area contributed by atoms with Gasteiger partial charge in [0.2, 0.25) is 0 Å². The van der Waals surface area contributed by atoms with Crippen LogP contribution in [0.15, 0.2) is 53.4 Å². The highest BCUT2D eigenvalue weighted by Crippen LogP contribution is 2.17. The molecule has 0 fully saturated rings. The molecule has 0 spiro atoms. The zero-order valence-corrected chi connectivity index (χ0v) is 13.6. The molecule has 0 heterocycles. The largest absolute Gasteiger partial charge is 0.332 e. The predicted octanol–water partition coefficient (Wildman–Crippen LogP) is 2.81. The van der Waals surface area contributed by atoms with Gasteiger partial charge in [-0.05, 0) is 48.6 Å². The van der Waals surface area contributed by atoms with E-state index in [1.54, 1.807) is 24.3 Å². The average Bonchev–Trinajstić information content (AvgIpc) is 2.47. The minimum atomic E-state index is -3.24. The summed E-state index contributed by atoms with van der Waals surface area (Å²) >= 11 is 5.13. The summed E-state index contributed by atoms with van der Waals surface area (Å²) in [5, 5.41) is 16.6. The maximum Gasteiger partial charge on any atom is 0.269 e. The fraction of sp³-hybridized carbons (Fsp3) is 0.0714. The molecule has 0 amide bonds. The molecule has 7 nitrogen and oxygen atoms in total. The van der Waals surface area contributed by atoms with Crippen molar-refractivity contribution in [2.75, 3.05) is 16.9 Å². The Morgan fingerprint density at radius 1 is 1.00 bits per heavy atom. The van der Waals surface area contributed by atoms with Crippen LogP contribution in [0.4, 0.5) is 17.1 Å². The number of nitrogens with one attached hydrogen (secondary N) is 2. The molecule has 0 aromatic heterocycles. The van der Waals surface area contributed by atoms with E-state index >= 15 is 0 Å². The molecule has 2 aromatic carbocycles. The number of nitrogens with zero attached hydrogens (tertiary/aromatic N) is 1. The molecular weight excluding hydrogens is 338 g/mol. The van der Waals surface area contributed by atoms with E-state index in [0.29, 0.717) is 11.4 Å². The van der Waals surface area contributed by atoms with E-state index in [-0.39, 0.29) is 15.7 Å². The number of anilines is 2. The number of benzene rings is 2. The monoisotopic (exact) mass is 351 g/mol. The summed E-state index contributed by atoms with van der Waals surface area (Å²) in [5.74, 6) is 0. The van der Waals surface area contributed by atoms with Gasteiger partial charge < -0.3 is 10.6 Å². The van der Waals surface area contributed by atoms with Crippen LogP contribution in [0.3, 0.4) is 0 Å². The first kappa shape index (κ1) is 16.8. The van der Waals surface area contributed by atoms with Crippen LogP contribution in [0.2, 0.25) is 0 Å². The molecule has 120 valence electrons. The highest BCUT2D eigenvalue weighted by Gasteiger charge is 2.07. The minimum Gasteiger partial charge on any atom is -0.332 e. The maximum atomic E-state index is 11.4. The molecule has 9 heteroatoms. The Morgan fingerprint density at radius 2 is 1.43 bits per heavy atom. The molecule has 0 aliphatic rings. The molecule has 0 aliphatic heterocycles. The number of non-ortho nitro benzene ring substituents is 1. The van der Waals surface area contributed by atoms with Gasteiger partial charge in [-0.1, -0.05) is 0 Å². The third-order valence-electron chi connectivity index (χ3n) is 2.88. The topological polar surface area (TPSA) is 101 Å². The van der Waals surface area contributed by atoms with Gasteiger partial charge in [0.1, 0.15) is 0 Å². The van der Waals surface area contributed by atoms with Gasteiger partial charge in [0.05, 0.1) is 9.82 Å². The molecule has 2 aromatic rings. The first-order valence-corrected chi connectivity index (χ1v) is 8.68. The van der Waals surface area contributed by atoms with E-state index in [0.717, 1.165) is 6.26 Å². The van der Waals surface area contributed by atoms with Crippen LogP contribution in [0.25, 0.3) is 0 Å². The Labute approximate surface area is 138 Å². The number of sulfone groups is 1. The molecule has 0 bridgehead atoms. The van der Waals surface area contributed by atoms with Crippen molar-refractivity contribution in [1.29, 1.82) is 0 Å². The summed E-state index contributed by atoms with van der Waals surface area (Å²) in [5.41, 5.74) is 1.21. The first-order chi connectivity index (χ1) is 10.8. The van der Waals surface area contributed by atoms with Crippen molar-refractivity contribution in [2.24, 2.45) is 0 Å². The van der Waals surface area contributed by atoms with E-state index in [2.05, 4.69) is 10.6 Å². The van der Waals surface area contributed by atoms with Crippen molar-refractivity contribution in [1.82, 2.24) is 0 Å². The van der Waals surface area contributed by atoms with Crippen LogP contribution in [0.1, 0.15) is 0 Å². The van der Waals surface area contributed by atoms with Crippen molar-refractivity contribution >= 4 is 44.2 Å². The van der Waals surface area contributed by atoms with Gasteiger partial charge in [-0.15, -0.1) is 0 Å². The van der Waals surface area contributed by atoms with E-state index < -0.39 is 14.8 Å². The zero-order valence-electron chi connectivity index (χ0n) is 12.0. The van der Waals surface area contributed by atoms with Crippen molar-refractivity contribution in [3.63, 3.8) is 0 Å². The van der Waals surface area contributed by atoms with Gasteiger partial charge in [0.25, 0.3) is 5.69 Å².